The molecule has 0 spiro atoms. The number of hydrogen-bond acceptors (Lipinski definition) is 3. The van der Waals surface area contributed by atoms with Crippen molar-refractivity contribution >= 4 is 11.6 Å². The van der Waals surface area contributed by atoms with Gasteiger partial charge in [0.25, 0.3) is 0 Å². The summed E-state index contributed by atoms with van der Waals surface area (Å²) in [4.78, 5) is 10.9. The lowest BCUT2D eigenvalue weighted by Gasteiger charge is -2.15. The number of aromatic nitrogens is 2. The SMILES string of the molecule is C=C(/C=C(\C=C/N)c1ccnn1C1CCCC1)NC(N)=O. The number of carbonyl (C=O) groups is 1. The zero-order chi connectivity index (χ0) is 15.2. The Morgan fingerprint density at radius 1 is 1.48 bits per heavy atom. The first kappa shape index (κ1) is 14.9. The highest BCUT2D eigenvalue weighted by Gasteiger charge is 2.20. The average Bonchev–Trinajstić information content (AvgIpc) is 3.08. The molecule has 0 radical (unpaired) electrons. The molecule has 1 fully saturated rings. The fraction of sp³-hybridized carbons (Fsp3) is 0.333. The predicted octanol–water partition coefficient (Wildman–Crippen LogP) is 2.04. The number of urea groups is 1. The first-order chi connectivity index (χ1) is 10.1. The molecule has 0 atom stereocenters. The van der Waals surface area contributed by atoms with Gasteiger partial charge in [0.15, 0.2) is 0 Å². The third kappa shape index (κ3) is 3.75. The maximum absolute atomic E-state index is 10.9. The first-order valence-electron chi connectivity index (χ1n) is 7.01. The zero-order valence-electron chi connectivity index (χ0n) is 12.0. The minimum atomic E-state index is -0.642. The van der Waals surface area contributed by atoms with Crippen LogP contribution in [0.15, 0.2) is 42.9 Å². The molecule has 21 heavy (non-hydrogen) atoms. The van der Waals surface area contributed by atoms with Crippen LogP contribution in [0.25, 0.3) is 5.57 Å². The van der Waals surface area contributed by atoms with E-state index in [4.69, 9.17) is 11.5 Å². The van der Waals surface area contributed by atoms with Crippen molar-refractivity contribution in [1.82, 2.24) is 15.1 Å². The van der Waals surface area contributed by atoms with E-state index in [0.29, 0.717) is 11.7 Å². The number of allylic oxidation sites excluding steroid dienone is 3. The molecular formula is C15H21N5O. The smallest absolute Gasteiger partial charge is 0.316 e. The summed E-state index contributed by atoms with van der Waals surface area (Å²) in [7, 11) is 0. The van der Waals surface area contributed by atoms with Gasteiger partial charge in [-0.1, -0.05) is 19.4 Å². The van der Waals surface area contributed by atoms with Crippen molar-refractivity contribution < 1.29 is 4.79 Å². The predicted molar refractivity (Wildman–Crippen MR) is 82.9 cm³/mol. The minimum absolute atomic E-state index is 0.412. The number of amides is 2. The molecule has 1 heterocycles. The number of primary amides is 1. The van der Waals surface area contributed by atoms with Gasteiger partial charge in [0, 0.05) is 17.5 Å². The van der Waals surface area contributed by atoms with E-state index in [1.54, 1.807) is 18.3 Å². The molecule has 1 aromatic heterocycles. The molecular weight excluding hydrogens is 266 g/mol. The Labute approximate surface area is 124 Å². The fourth-order valence-electron chi connectivity index (χ4n) is 2.68. The highest BCUT2D eigenvalue weighted by Crippen LogP contribution is 2.31. The maximum Gasteiger partial charge on any atom is 0.316 e. The van der Waals surface area contributed by atoms with E-state index in [-0.39, 0.29) is 0 Å². The molecule has 1 aliphatic rings. The number of nitrogens with one attached hydrogen (secondary N) is 1. The fourth-order valence-corrected chi connectivity index (χ4v) is 2.68. The van der Waals surface area contributed by atoms with E-state index < -0.39 is 6.03 Å². The molecule has 5 N–H and O–H groups in total. The molecule has 1 aromatic rings. The van der Waals surface area contributed by atoms with Crippen molar-refractivity contribution in [2.45, 2.75) is 31.7 Å². The molecule has 2 rings (SSSR count). The van der Waals surface area contributed by atoms with Crippen LogP contribution in [-0.2, 0) is 0 Å². The lowest BCUT2D eigenvalue weighted by molar-refractivity contribution is 0.251. The largest absolute Gasteiger partial charge is 0.405 e. The van der Waals surface area contributed by atoms with Gasteiger partial charge in [-0.3, -0.25) is 4.68 Å². The van der Waals surface area contributed by atoms with Crippen molar-refractivity contribution in [2.75, 3.05) is 0 Å². The molecule has 0 aromatic carbocycles. The molecule has 0 unspecified atom stereocenters. The van der Waals surface area contributed by atoms with E-state index in [1.165, 1.54) is 19.0 Å². The van der Waals surface area contributed by atoms with Crippen LogP contribution < -0.4 is 16.8 Å². The van der Waals surface area contributed by atoms with Gasteiger partial charge < -0.3 is 16.8 Å². The zero-order valence-corrected chi connectivity index (χ0v) is 12.0. The van der Waals surface area contributed by atoms with Gasteiger partial charge in [-0.25, -0.2) is 4.79 Å². The van der Waals surface area contributed by atoms with Crippen molar-refractivity contribution in [3.63, 3.8) is 0 Å². The van der Waals surface area contributed by atoms with Crippen molar-refractivity contribution in [1.29, 1.82) is 0 Å². The number of carbonyl (C=O) groups excluding carboxylic acids is 1. The van der Waals surface area contributed by atoms with Crippen LogP contribution in [-0.4, -0.2) is 15.8 Å². The van der Waals surface area contributed by atoms with E-state index in [9.17, 15) is 4.79 Å². The number of hydrogen-bond donors (Lipinski definition) is 3. The summed E-state index contributed by atoms with van der Waals surface area (Å²) in [5.74, 6) is 0. The molecule has 112 valence electrons. The lowest BCUT2D eigenvalue weighted by atomic mass is 10.1. The molecule has 0 bridgehead atoms. The third-order valence-corrected chi connectivity index (χ3v) is 3.53. The Morgan fingerprint density at radius 2 is 2.19 bits per heavy atom. The van der Waals surface area contributed by atoms with Crippen LogP contribution >= 0.6 is 0 Å². The summed E-state index contributed by atoms with van der Waals surface area (Å²) in [5.41, 5.74) is 12.8. The monoisotopic (exact) mass is 287 g/mol. The van der Waals surface area contributed by atoms with Gasteiger partial charge >= 0.3 is 6.03 Å². The van der Waals surface area contributed by atoms with Crippen LogP contribution in [0.4, 0.5) is 4.79 Å². The molecule has 0 saturated heterocycles. The third-order valence-electron chi connectivity index (χ3n) is 3.53. The summed E-state index contributed by atoms with van der Waals surface area (Å²) in [5, 5.41) is 6.88. The highest BCUT2D eigenvalue weighted by atomic mass is 16.2. The van der Waals surface area contributed by atoms with Gasteiger partial charge in [-0.2, -0.15) is 5.10 Å². The number of rotatable bonds is 5. The van der Waals surface area contributed by atoms with Gasteiger partial charge in [0.05, 0.1) is 11.7 Å². The lowest BCUT2D eigenvalue weighted by Crippen LogP contribution is -2.27. The van der Waals surface area contributed by atoms with E-state index in [2.05, 4.69) is 17.0 Å². The van der Waals surface area contributed by atoms with Crippen LogP contribution in [0, 0.1) is 0 Å². The van der Waals surface area contributed by atoms with E-state index >= 15 is 0 Å². The summed E-state index contributed by atoms with van der Waals surface area (Å²) in [6.07, 6.45) is 11.4. The van der Waals surface area contributed by atoms with Gasteiger partial charge in [-0.15, -0.1) is 0 Å². The molecule has 2 amide bonds. The Morgan fingerprint density at radius 3 is 2.81 bits per heavy atom. The molecule has 1 saturated carbocycles. The Kier molecular flexibility index (Phi) is 4.81. The second kappa shape index (κ2) is 6.78. The van der Waals surface area contributed by atoms with Crippen LogP contribution in [0.3, 0.4) is 0 Å². The van der Waals surface area contributed by atoms with Gasteiger partial charge in [0.1, 0.15) is 0 Å². The normalized spacial score (nSPS) is 16.5. The second-order valence-corrected chi connectivity index (χ2v) is 5.07. The van der Waals surface area contributed by atoms with Gasteiger partial charge in [-0.05, 0) is 37.3 Å². The molecule has 6 heteroatoms. The van der Waals surface area contributed by atoms with E-state index in [1.807, 2.05) is 10.7 Å². The number of nitrogens with zero attached hydrogens (tertiary/aromatic N) is 2. The summed E-state index contributed by atoms with van der Waals surface area (Å²) in [6, 6.07) is 1.71. The number of nitrogens with two attached hydrogens (primary N) is 2. The van der Waals surface area contributed by atoms with Crippen LogP contribution in [0.1, 0.15) is 37.4 Å². The topological polar surface area (TPSA) is 99.0 Å². The summed E-state index contributed by atoms with van der Waals surface area (Å²) >= 11 is 0. The summed E-state index contributed by atoms with van der Waals surface area (Å²) < 4.78 is 2.02. The maximum atomic E-state index is 10.9. The summed E-state index contributed by atoms with van der Waals surface area (Å²) in [6.45, 7) is 3.76. The minimum Gasteiger partial charge on any atom is -0.405 e. The Hall–Kier alpha value is -2.50. The van der Waals surface area contributed by atoms with Crippen molar-refractivity contribution in [3.05, 3.63) is 48.6 Å². The molecule has 6 nitrogen and oxygen atoms in total. The standard InChI is InChI=1S/C15H21N5O/c1-11(19-15(17)21)10-12(6-8-16)14-7-9-18-20(14)13-4-2-3-5-13/h6-10,13H,1-5,16H2,(H3,17,19,21)/b8-6-,12-10+. The highest BCUT2D eigenvalue weighted by molar-refractivity contribution is 5.78. The van der Waals surface area contributed by atoms with Crippen molar-refractivity contribution in [2.24, 2.45) is 11.5 Å². The van der Waals surface area contributed by atoms with E-state index in [0.717, 1.165) is 24.1 Å². The molecule has 1 aliphatic carbocycles. The molecule has 0 aliphatic heterocycles. The van der Waals surface area contributed by atoms with Crippen LogP contribution in [0.5, 0.6) is 0 Å². The first-order valence-corrected chi connectivity index (χ1v) is 7.01. The average molecular weight is 287 g/mol. The Balaban J connectivity index is 2.30. The van der Waals surface area contributed by atoms with Crippen molar-refractivity contribution in [3.8, 4) is 0 Å². The van der Waals surface area contributed by atoms with Crippen LogP contribution in [0.2, 0.25) is 0 Å². The quantitative estimate of drug-likeness (QED) is 0.722. The second-order valence-electron chi connectivity index (χ2n) is 5.07. The van der Waals surface area contributed by atoms with Gasteiger partial charge in [0.2, 0.25) is 0 Å². The Bertz CT molecular complexity index is 579.